The highest BCUT2D eigenvalue weighted by Gasteiger charge is 2.34. The standard InChI is InChI=1S/C17H28N2/c1-4-13-18-17(14-9-7-6-8-10-14)16(5-2)19(3)15-11-12-15/h6-10,15-18H,4-5,11-13H2,1-3H3. The number of rotatable bonds is 8. The maximum Gasteiger partial charge on any atom is 0.0478 e. The van der Waals surface area contributed by atoms with Crippen LogP contribution in [0.3, 0.4) is 0 Å². The van der Waals surface area contributed by atoms with Gasteiger partial charge >= 0.3 is 0 Å². The topological polar surface area (TPSA) is 15.3 Å². The van der Waals surface area contributed by atoms with Crippen molar-refractivity contribution in [2.75, 3.05) is 13.6 Å². The van der Waals surface area contributed by atoms with Crippen LogP contribution in [-0.4, -0.2) is 30.6 Å². The summed E-state index contributed by atoms with van der Waals surface area (Å²) in [6.07, 6.45) is 5.14. The third-order valence-electron chi connectivity index (χ3n) is 4.22. The molecule has 1 aliphatic carbocycles. The number of likely N-dealkylation sites (N-methyl/N-ethyl adjacent to an activating group) is 1. The smallest absolute Gasteiger partial charge is 0.0478 e. The van der Waals surface area contributed by atoms with E-state index in [9.17, 15) is 0 Å². The molecular weight excluding hydrogens is 232 g/mol. The van der Waals surface area contributed by atoms with E-state index in [0.29, 0.717) is 12.1 Å². The van der Waals surface area contributed by atoms with E-state index in [-0.39, 0.29) is 0 Å². The zero-order valence-electron chi connectivity index (χ0n) is 12.6. The summed E-state index contributed by atoms with van der Waals surface area (Å²) in [6, 6.07) is 12.8. The first-order valence-electron chi connectivity index (χ1n) is 7.78. The second kappa shape index (κ2) is 7.06. The fourth-order valence-electron chi connectivity index (χ4n) is 2.95. The highest BCUT2D eigenvalue weighted by atomic mass is 15.2. The van der Waals surface area contributed by atoms with E-state index in [1.807, 2.05) is 0 Å². The van der Waals surface area contributed by atoms with Crippen molar-refractivity contribution in [2.24, 2.45) is 0 Å². The van der Waals surface area contributed by atoms with Crippen molar-refractivity contribution in [3.8, 4) is 0 Å². The van der Waals surface area contributed by atoms with Gasteiger partial charge in [-0.3, -0.25) is 4.90 Å². The third kappa shape index (κ3) is 3.80. The monoisotopic (exact) mass is 260 g/mol. The Kier molecular flexibility index (Phi) is 5.41. The molecule has 106 valence electrons. The summed E-state index contributed by atoms with van der Waals surface area (Å²) in [4.78, 5) is 2.60. The Bertz CT molecular complexity index is 359. The van der Waals surface area contributed by atoms with Gasteiger partial charge in [0.2, 0.25) is 0 Å². The van der Waals surface area contributed by atoms with Crippen molar-refractivity contribution < 1.29 is 0 Å². The van der Waals surface area contributed by atoms with Crippen molar-refractivity contribution >= 4 is 0 Å². The molecule has 0 amide bonds. The molecule has 0 heterocycles. The van der Waals surface area contributed by atoms with Crippen LogP contribution in [-0.2, 0) is 0 Å². The van der Waals surface area contributed by atoms with Crippen LogP contribution in [0.25, 0.3) is 0 Å². The van der Waals surface area contributed by atoms with Crippen molar-refractivity contribution in [1.82, 2.24) is 10.2 Å². The molecule has 1 saturated carbocycles. The number of benzene rings is 1. The molecule has 0 radical (unpaired) electrons. The predicted octanol–water partition coefficient (Wildman–Crippen LogP) is 3.60. The molecule has 2 unspecified atom stereocenters. The maximum atomic E-state index is 3.76. The highest BCUT2D eigenvalue weighted by Crippen LogP contribution is 2.32. The summed E-state index contributed by atoms with van der Waals surface area (Å²) in [5.74, 6) is 0. The molecular formula is C17H28N2. The fraction of sp³-hybridized carbons (Fsp3) is 0.647. The Morgan fingerprint density at radius 3 is 2.42 bits per heavy atom. The van der Waals surface area contributed by atoms with E-state index in [2.05, 4.69) is 61.4 Å². The van der Waals surface area contributed by atoms with Crippen LogP contribution in [0.4, 0.5) is 0 Å². The van der Waals surface area contributed by atoms with Gasteiger partial charge in [-0.2, -0.15) is 0 Å². The molecule has 19 heavy (non-hydrogen) atoms. The largest absolute Gasteiger partial charge is 0.309 e. The van der Waals surface area contributed by atoms with E-state index < -0.39 is 0 Å². The predicted molar refractivity (Wildman–Crippen MR) is 82.3 cm³/mol. The SMILES string of the molecule is CCCNC(c1ccccc1)C(CC)N(C)C1CC1. The van der Waals surface area contributed by atoms with Gasteiger partial charge < -0.3 is 5.32 Å². The van der Waals surface area contributed by atoms with Gasteiger partial charge in [-0.05, 0) is 44.8 Å². The molecule has 0 aliphatic heterocycles. The molecule has 2 nitrogen and oxygen atoms in total. The van der Waals surface area contributed by atoms with E-state index in [0.717, 1.165) is 12.6 Å². The van der Waals surface area contributed by atoms with Gasteiger partial charge in [-0.1, -0.05) is 44.2 Å². The summed E-state index contributed by atoms with van der Waals surface area (Å²) < 4.78 is 0. The lowest BCUT2D eigenvalue weighted by Crippen LogP contribution is -2.43. The third-order valence-corrected chi connectivity index (χ3v) is 4.22. The molecule has 2 rings (SSSR count). The first-order valence-corrected chi connectivity index (χ1v) is 7.78. The number of hydrogen-bond donors (Lipinski definition) is 1. The molecule has 0 bridgehead atoms. The van der Waals surface area contributed by atoms with Crippen LogP contribution in [0.1, 0.15) is 51.1 Å². The Morgan fingerprint density at radius 1 is 1.21 bits per heavy atom. The first-order chi connectivity index (χ1) is 9.27. The molecule has 0 spiro atoms. The normalized spacial score (nSPS) is 18.5. The molecule has 0 saturated heterocycles. The minimum atomic E-state index is 0.455. The van der Waals surface area contributed by atoms with Crippen molar-refractivity contribution in [3.05, 3.63) is 35.9 Å². The fourth-order valence-corrected chi connectivity index (χ4v) is 2.95. The van der Waals surface area contributed by atoms with Gasteiger partial charge in [0, 0.05) is 18.1 Å². The summed E-state index contributed by atoms with van der Waals surface area (Å²) >= 11 is 0. The van der Waals surface area contributed by atoms with Gasteiger partial charge in [-0.15, -0.1) is 0 Å². The van der Waals surface area contributed by atoms with Crippen LogP contribution in [0.15, 0.2) is 30.3 Å². The quantitative estimate of drug-likeness (QED) is 0.768. The Labute approximate surface area is 118 Å². The van der Waals surface area contributed by atoms with Crippen LogP contribution >= 0.6 is 0 Å². The number of hydrogen-bond acceptors (Lipinski definition) is 2. The van der Waals surface area contributed by atoms with E-state index in [1.54, 1.807) is 0 Å². The zero-order valence-corrected chi connectivity index (χ0v) is 12.6. The van der Waals surface area contributed by atoms with Crippen molar-refractivity contribution in [2.45, 2.75) is 57.7 Å². The minimum absolute atomic E-state index is 0.455. The number of nitrogens with zero attached hydrogens (tertiary/aromatic N) is 1. The molecule has 1 aromatic rings. The van der Waals surface area contributed by atoms with Crippen LogP contribution in [0, 0.1) is 0 Å². The van der Waals surface area contributed by atoms with Gasteiger partial charge in [0.1, 0.15) is 0 Å². The summed E-state index contributed by atoms with van der Waals surface area (Å²) in [6.45, 7) is 5.64. The van der Waals surface area contributed by atoms with E-state index in [1.165, 1.54) is 31.2 Å². The lowest BCUT2D eigenvalue weighted by Gasteiger charge is -2.35. The van der Waals surface area contributed by atoms with Crippen molar-refractivity contribution in [1.29, 1.82) is 0 Å². The van der Waals surface area contributed by atoms with E-state index >= 15 is 0 Å². The molecule has 2 heteroatoms. The summed E-state index contributed by atoms with van der Waals surface area (Å²) in [5.41, 5.74) is 1.43. The van der Waals surface area contributed by atoms with Gasteiger partial charge in [0.25, 0.3) is 0 Å². The second-order valence-electron chi connectivity index (χ2n) is 5.71. The number of nitrogens with one attached hydrogen (secondary N) is 1. The molecule has 1 fully saturated rings. The summed E-state index contributed by atoms with van der Waals surface area (Å²) in [7, 11) is 2.30. The molecule has 1 aliphatic rings. The van der Waals surface area contributed by atoms with Gasteiger partial charge in [0.05, 0.1) is 0 Å². The second-order valence-corrected chi connectivity index (χ2v) is 5.71. The Balaban J connectivity index is 2.14. The Morgan fingerprint density at radius 2 is 1.89 bits per heavy atom. The molecule has 1 N–H and O–H groups in total. The Hall–Kier alpha value is -0.860. The lowest BCUT2D eigenvalue weighted by atomic mass is 9.96. The summed E-state index contributed by atoms with van der Waals surface area (Å²) in [5, 5.41) is 3.76. The molecule has 1 aromatic carbocycles. The van der Waals surface area contributed by atoms with Crippen LogP contribution in [0.5, 0.6) is 0 Å². The molecule has 0 aromatic heterocycles. The first kappa shape index (κ1) is 14.5. The maximum absolute atomic E-state index is 3.76. The van der Waals surface area contributed by atoms with Crippen molar-refractivity contribution in [3.63, 3.8) is 0 Å². The van der Waals surface area contributed by atoms with Crippen LogP contribution in [0.2, 0.25) is 0 Å². The van der Waals surface area contributed by atoms with E-state index in [4.69, 9.17) is 0 Å². The van der Waals surface area contributed by atoms with Gasteiger partial charge in [-0.25, -0.2) is 0 Å². The lowest BCUT2D eigenvalue weighted by molar-refractivity contribution is 0.177. The van der Waals surface area contributed by atoms with Gasteiger partial charge in [0.15, 0.2) is 0 Å². The average molecular weight is 260 g/mol. The minimum Gasteiger partial charge on any atom is -0.309 e. The average Bonchev–Trinajstić information content (AvgIpc) is 3.28. The highest BCUT2D eigenvalue weighted by molar-refractivity contribution is 5.21. The zero-order chi connectivity index (χ0) is 13.7. The van der Waals surface area contributed by atoms with Crippen LogP contribution < -0.4 is 5.32 Å². The molecule has 2 atom stereocenters.